The highest BCUT2D eigenvalue weighted by molar-refractivity contribution is 5.81. The zero-order valence-electron chi connectivity index (χ0n) is 11.9. The maximum atomic E-state index is 6.01. The van der Waals surface area contributed by atoms with Crippen molar-refractivity contribution in [3.05, 3.63) is 47.5 Å². The van der Waals surface area contributed by atoms with Gasteiger partial charge in [0.2, 0.25) is 0 Å². The highest BCUT2D eigenvalue weighted by atomic mass is 16.5. The standard InChI is InChI=1S/C17H17N3O/c1-10-6-11-8-12(9-18)21-16(11)13(7-10)17-19-14-4-2-3-5-15(14)20-17/h2-7,12H,8-9,18H2,1H3,(H,19,20)/t12-/m0/s1. The average molecular weight is 279 g/mol. The van der Waals surface area contributed by atoms with Crippen LogP contribution < -0.4 is 10.5 Å². The predicted molar refractivity (Wildman–Crippen MR) is 83.4 cm³/mol. The second kappa shape index (κ2) is 4.60. The molecule has 106 valence electrons. The van der Waals surface area contributed by atoms with Crippen molar-refractivity contribution in [2.45, 2.75) is 19.4 Å². The van der Waals surface area contributed by atoms with Gasteiger partial charge in [0, 0.05) is 13.0 Å². The first-order valence-electron chi connectivity index (χ1n) is 7.20. The fourth-order valence-electron chi connectivity index (χ4n) is 2.98. The van der Waals surface area contributed by atoms with Gasteiger partial charge in [-0.15, -0.1) is 0 Å². The van der Waals surface area contributed by atoms with Gasteiger partial charge in [0.05, 0.1) is 16.6 Å². The van der Waals surface area contributed by atoms with Crippen molar-refractivity contribution in [2.24, 2.45) is 5.73 Å². The minimum atomic E-state index is 0.0740. The topological polar surface area (TPSA) is 63.9 Å². The molecule has 21 heavy (non-hydrogen) atoms. The van der Waals surface area contributed by atoms with E-state index in [1.54, 1.807) is 0 Å². The van der Waals surface area contributed by atoms with Gasteiger partial charge in [-0.1, -0.05) is 18.2 Å². The Balaban J connectivity index is 1.89. The van der Waals surface area contributed by atoms with Gasteiger partial charge in [-0.2, -0.15) is 0 Å². The largest absolute Gasteiger partial charge is 0.488 e. The maximum absolute atomic E-state index is 6.01. The molecule has 0 fully saturated rings. The lowest BCUT2D eigenvalue weighted by atomic mass is 10.0. The third-order valence-electron chi connectivity index (χ3n) is 3.95. The average Bonchev–Trinajstić information content (AvgIpc) is 3.09. The highest BCUT2D eigenvalue weighted by Gasteiger charge is 2.26. The van der Waals surface area contributed by atoms with E-state index in [1.807, 2.05) is 24.3 Å². The van der Waals surface area contributed by atoms with Crippen LogP contribution in [-0.4, -0.2) is 22.6 Å². The van der Waals surface area contributed by atoms with E-state index in [2.05, 4.69) is 29.0 Å². The van der Waals surface area contributed by atoms with Crippen LogP contribution in [0.25, 0.3) is 22.4 Å². The number of nitrogens with one attached hydrogen (secondary N) is 1. The zero-order chi connectivity index (χ0) is 14.4. The number of aromatic nitrogens is 2. The molecule has 1 aliphatic rings. The number of para-hydroxylation sites is 2. The summed E-state index contributed by atoms with van der Waals surface area (Å²) in [5.41, 5.74) is 11.2. The number of nitrogens with two attached hydrogens (primary N) is 1. The van der Waals surface area contributed by atoms with Gasteiger partial charge in [0.1, 0.15) is 17.7 Å². The van der Waals surface area contributed by atoms with Gasteiger partial charge in [-0.05, 0) is 36.2 Å². The van der Waals surface area contributed by atoms with Crippen LogP contribution in [0.2, 0.25) is 0 Å². The SMILES string of the molecule is Cc1cc2c(c(-c3nc4ccccc4[nH]3)c1)O[C@H](CN)C2. The molecule has 0 aliphatic carbocycles. The number of nitrogens with zero attached hydrogens (tertiary/aromatic N) is 1. The molecule has 1 aliphatic heterocycles. The lowest BCUT2D eigenvalue weighted by Crippen LogP contribution is -2.24. The Morgan fingerprint density at radius 3 is 3.00 bits per heavy atom. The predicted octanol–water partition coefficient (Wildman–Crippen LogP) is 2.80. The summed E-state index contributed by atoms with van der Waals surface area (Å²) in [6, 6.07) is 12.3. The third-order valence-corrected chi connectivity index (χ3v) is 3.95. The second-order valence-electron chi connectivity index (χ2n) is 5.58. The Labute approximate surface area is 123 Å². The van der Waals surface area contributed by atoms with Gasteiger partial charge in [-0.25, -0.2) is 4.98 Å². The Hall–Kier alpha value is -2.33. The normalized spacial score (nSPS) is 17.0. The number of hydrogen-bond donors (Lipinski definition) is 2. The van der Waals surface area contributed by atoms with E-state index in [1.165, 1.54) is 11.1 Å². The Bertz CT molecular complexity index is 789. The smallest absolute Gasteiger partial charge is 0.142 e. The molecule has 0 spiro atoms. The molecule has 4 heteroatoms. The summed E-state index contributed by atoms with van der Waals surface area (Å²) >= 11 is 0. The fourth-order valence-corrected chi connectivity index (χ4v) is 2.98. The van der Waals surface area contributed by atoms with Crippen molar-refractivity contribution in [1.29, 1.82) is 0 Å². The van der Waals surface area contributed by atoms with Crippen LogP contribution in [0.5, 0.6) is 5.75 Å². The summed E-state index contributed by atoms with van der Waals surface area (Å²) in [7, 11) is 0. The van der Waals surface area contributed by atoms with E-state index in [9.17, 15) is 0 Å². The van der Waals surface area contributed by atoms with Crippen LogP contribution in [0, 0.1) is 6.92 Å². The number of ether oxygens (including phenoxy) is 1. The molecule has 3 aromatic rings. The summed E-state index contributed by atoms with van der Waals surface area (Å²) in [6.45, 7) is 2.63. The van der Waals surface area contributed by atoms with Crippen molar-refractivity contribution in [1.82, 2.24) is 9.97 Å². The van der Waals surface area contributed by atoms with E-state index >= 15 is 0 Å². The van der Waals surface area contributed by atoms with Crippen LogP contribution in [0.15, 0.2) is 36.4 Å². The van der Waals surface area contributed by atoms with Gasteiger partial charge >= 0.3 is 0 Å². The minimum Gasteiger partial charge on any atom is -0.488 e. The van der Waals surface area contributed by atoms with Crippen LogP contribution in [0.4, 0.5) is 0 Å². The van der Waals surface area contributed by atoms with Crippen molar-refractivity contribution in [2.75, 3.05) is 6.54 Å². The monoisotopic (exact) mass is 279 g/mol. The Morgan fingerprint density at radius 2 is 2.19 bits per heavy atom. The molecule has 0 saturated carbocycles. The maximum Gasteiger partial charge on any atom is 0.142 e. The summed E-state index contributed by atoms with van der Waals surface area (Å²) in [5, 5.41) is 0. The molecule has 0 unspecified atom stereocenters. The lowest BCUT2D eigenvalue weighted by Gasteiger charge is -2.10. The first-order chi connectivity index (χ1) is 10.2. The number of aryl methyl sites for hydroxylation is 1. The summed E-state index contributed by atoms with van der Waals surface area (Å²) < 4.78 is 6.01. The number of hydrogen-bond acceptors (Lipinski definition) is 3. The second-order valence-corrected chi connectivity index (χ2v) is 5.58. The molecule has 2 aromatic carbocycles. The molecule has 3 N–H and O–H groups in total. The van der Waals surface area contributed by atoms with Crippen LogP contribution in [0.1, 0.15) is 11.1 Å². The summed E-state index contributed by atoms with van der Waals surface area (Å²) in [5.74, 6) is 1.78. The number of rotatable bonds is 2. The first kappa shape index (κ1) is 12.4. The van der Waals surface area contributed by atoms with Gasteiger partial charge < -0.3 is 15.5 Å². The minimum absolute atomic E-state index is 0.0740. The van der Waals surface area contributed by atoms with E-state index in [4.69, 9.17) is 10.5 Å². The highest BCUT2D eigenvalue weighted by Crippen LogP contribution is 2.39. The number of fused-ring (bicyclic) bond motifs is 2. The lowest BCUT2D eigenvalue weighted by molar-refractivity contribution is 0.242. The zero-order valence-corrected chi connectivity index (χ0v) is 11.9. The molecule has 0 bridgehead atoms. The quantitative estimate of drug-likeness (QED) is 0.758. The van der Waals surface area contributed by atoms with E-state index in [0.717, 1.165) is 34.6 Å². The van der Waals surface area contributed by atoms with Crippen LogP contribution in [0.3, 0.4) is 0 Å². The van der Waals surface area contributed by atoms with Crippen LogP contribution >= 0.6 is 0 Å². The van der Waals surface area contributed by atoms with Crippen molar-refractivity contribution < 1.29 is 4.74 Å². The fraction of sp³-hybridized carbons (Fsp3) is 0.235. The summed E-state index contributed by atoms with van der Waals surface area (Å²) in [6.07, 6.45) is 0.950. The molecule has 4 rings (SSSR count). The molecule has 0 amide bonds. The Morgan fingerprint density at radius 1 is 1.33 bits per heavy atom. The molecular formula is C17H17N3O. The molecule has 0 saturated heterocycles. The molecule has 1 atom stereocenters. The summed E-state index contributed by atoms with van der Waals surface area (Å²) in [4.78, 5) is 8.06. The van der Waals surface area contributed by atoms with Crippen molar-refractivity contribution in [3.8, 4) is 17.1 Å². The Kier molecular flexibility index (Phi) is 2.72. The van der Waals surface area contributed by atoms with Gasteiger partial charge in [0.25, 0.3) is 0 Å². The molecule has 4 nitrogen and oxygen atoms in total. The van der Waals surface area contributed by atoms with Crippen molar-refractivity contribution in [3.63, 3.8) is 0 Å². The number of imidazole rings is 1. The van der Waals surface area contributed by atoms with Crippen LogP contribution in [-0.2, 0) is 6.42 Å². The molecule has 2 heterocycles. The van der Waals surface area contributed by atoms with Gasteiger partial charge in [-0.3, -0.25) is 0 Å². The van der Waals surface area contributed by atoms with E-state index in [0.29, 0.717) is 6.54 Å². The molecule has 0 radical (unpaired) electrons. The number of H-pyrrole nitrogens is 1. The van der Waals surface area contributed by atoms with E-state index in [-0.39, 0.29) is 6.10 Å². The van der Waals surface area contributed by atoms with Crippen molar-refractivity contribution >= 4 is 11.0 Å². The number of benzene rings is 2. The first-order valence-corrected chi connectivity index (χ1v) is 7.20. The molecule has 1 aromatic heterocycles. The van der Waals surface area contributed by atoms with E-state index < -0.39 is 0 Å². The molecular weight excluding hydrogens is 262 g/mol. The van der Waals surface area contributed by atoms with Gasteiger partial charge in [0.15, 0.2) is 0 Å². The third kappa shape index (κ3) is 1.99. The number of aromatic amines is 1.